The normalized spacial score (nSPS) is 10.9. The number of hydrogen-bond acceptors (Lipinski definition) is 3. The number of nitrogens with one attached hydrogen (secondary N) is 1. The fourth-order valence-electron chi connectivity index (χ4n) is 2.22. The van der Waals surface area contributed by atoms with Crippen LogP contribution in [0, 0.1) is 6.92 Å². The minimum atomic E-state index is -0.345. The number of esters is 1. The van der Waals surface area contributed by atoms with Gasteiger partial charge in [0.2, 0.25) is 0 Å². The third-order valence-electron chi connectivity index (χ3n) is 3.14. The van der Waals surface area contributed by atoms with Crippen LogP contribution in [0.5, 0.6) is 0 Å². The molecule has 0 amide bonds. The predicted molar refractivity (Wildman–Crippen MR) is 76.1 cm³/mol. The lowest BCUT2D eigenvalue weighted by Gasteiger charge is -2.02. The molecule has 0 aliphatic rings. The van der Waals surface area contributed by atoms with Gasteiger partial charge < -0.3 is 9.72 Å². The predicted octanol–water partition coefficient (Wildman–Crippen LogP) is 2.84. The second-order valence-corrected chi connectivity index (χ2v) is 4.50. The van der Waals surface area contributed by atoms with Crippen molar-refractivity contribution >= 4 is 17.0 Å². The second-order valence-electron chi connectivity index (χ2n) is 4.50. The highest BCUT2D eigenvalue weighted by molar-refractivity contribution is 5.95. The summed E-state index contributed by atoms with van der Waals surface area (Å²) in [7, 11) is 0. The molecule has 0 unspecified atom stereocenters. The quantitative estimate of drug-likeness (QED) is 0.744. The van der Waals surface area contributed by atoms with Gasteiger partial charge in [-0.2, -0.15) is 5.10 Å². The number of aryl methyl sites for hydroxylation is 1. The molecule has 0 bridgehead atoms. The summed E-state index contributed by atoms with van der Waals surface area (Å²) in [5.74, 6) is -0.345. The Morgan fingerprint density at radius 2 is 2.10 bits per heavy atom. The lowest BCUT2D eigenvalue weighted by molar-refractivity contribution is 0.0520. The second kappa shape index (κ2) is 4.85. The molecule has 0 aliphatic carbocycles. The van der Waals surface area contributed by atoms with Crippen LogP contribution in [-0.2, 0) is 4.74 Å². The zero-order valence-electron chi connectivity index (χ0n) is 11.4. The Morgan fingerprint density at radius 1 is 1.35 bits per heavy atom. The Hall–Kier alpha value is -2.56. The summed E-state index contributed by atoms with van der Waals surface area (Å²) in [6.45, 7) is 4.07. The van der Waals surface area contributed by atoms with Gasteiger partial charge in [0.05, 0.1) is 18.0 Å². The summed E-state index contributed by atoms with van der Waals surface area (Å²) < 4.78 is 6.81. The lowest BCUT2D eigenvalue weighted by Crippen LogP contribution is -2.05. The number of aromatic nitrogens is 3. The Labute approximate surface area is 116 Å². The SMILES string of the molecule is CCOC(=O)c1cc2c(C)nn(-c3ccccc3)c2[nH]1. The van der Waals surface area contributed by atoms with Crippen LogP contribution >= 0.6 is 0 Å². The average molecular weight is 269 g/mol. The molecule has 5 heteroatoms. The standard InChI is InChI=1S/C15H15N3O2/c1-3-20-15(19)13-9-12-10(2)17-18(14(12)16-13)11-7-5-4-6-8-11/h4-9,16H,3H2,1-2H3. The highest BCUT2D eigenvalue weighted by Gasteiger charge is 2.16. The molecule has 2 heterocycles. The molecule has 5 nitrogen and oxygen atoms in total. The van der Waals surface area contributed by atoms with Gasteiger partial charge in [0, 0.05) is 5.39 Å². The average Bonchev–Trinajstić information content (AvgIpc) is 3.01. The Morgan fingerprint density at radius 3 is 2.80 bits per heavy atom. The van der Waals surface area contributed by atoms with Crippen LogP contribution in [0.1, 0.15) is 23.1 Å². The van der Waals surface area contributed by atoms with E-state index in [2.05, 4.69) is 10.1 Å². The topological polar surface area (TPSA) is 59.9 Å². The molecular weight excluding hydrogens is 254 g/mol. The maximum absolute atomic E-state index is 11.8. The summed E-state index contributed by atoms with van der Waals surface area (Å²) in [6.07, 6.45) is 0. The van der Waals surface area contributed by atoms with E-state index in [1.54, 1.807) is 17.7 Å². The minimum absolute atomic E-state index is 0.345. The summed E-state index contributed by atoms with van der Waals surface area (Å²) in [6, 6.07) is 11.6. The Kier molecular flexibility index (Phi) is 3.02. The van der Waals surface area contributed by atoms with Gasteiger partial charge in [-0.25, -0.2) is 9.48 Å². The number of hydrogen-bond donors (Lipinski definition) is 1. The van der Waals surface area contributed by atoms with E-state index in [1.165, 1.54) is 0 Å². The fourth-order valence-corrected chi connectivity index (χ4v) is 2.22. The smallest absolute Gasteiger partial charge is 0.354 e. The molecule has 0 spiro atoms. The molecular formula is C15H15N3O2. The fraction of sp³-hybridized carbons (Fsp3) is 0.200. The van der Waals surface area contributed by atoms with Crippen molar-refractivity contribution in [3.8, 4) is 5.69 Å². The molecule has 20 heavy (non-hydrogen) atoms. The van der Waals surface area contributed by atoms with Crippen molar-refractivity contribution in [2.45, 2.75) is 13.8 Å². The molecule has 0 radical (unpaired) electrons. The maximum Gasteiger partial charge on any atom is 0.354 e. The molecule has 2 aromatic heterocycles. The van der Waals surface area contributed by atoms with Gasteiger partial charge in [0.1, 0.15) is 11.3 Å². The number of benzene rings is 1. The van der Waals surface area contributed by atoms with Gasteiger partial charge in [-0.05, 0) is 32.0 Å². The number of carbonyl (C=O) groups excluding carboxylic acids is 1. The van der Waals surface area contributed by atoms with Crippen molar-refractivity contribution in [1.82, 2.24) is 14.8 Å². The van der Waals surface area contributed by atoms with E-state index in [-0.39, 0.29) is 5.97 Å². The summed E-state index contributed by atoms with van der Waals surface area (Å²) in [5.41, 5.74) is 3.07. The number of nitrogens with zero attached hydrogens (tertiary/aromatic N) is 2. The van der Waals surface area contributed by atoms with Gasteiger partial charge in [-0.3, -0.25) is 0 Å². The number of ether oxygens (including phenoxy) is 1. The molecule has 3 rings (SSSR count). The first-order chi connectivity index (χ1) is 9.70. The van der Waals surface area contributed by atoms with Gasteiger partial charge in [-0.15, -0.1) is 0 Å². The number of para-hydroxylation sites is 1. The summed E-state index contributed by atoms with van der Waals surface area (Å²) in [5, 5.41) is 5.43. The van der Waals surface area contributed by atoms with Crippen LogP contribution in [0.3, 0.4) is 0 Å². The molecule has 102 valence electrons. The van der Waals surface area contributed by atoms with E-state index >= 15 is 0 Å². The Balaban J connectivity index is 2.13. The van der Waals surface area contributed by atoms with Crippen molar-refractivity contribution < 1.29 is 9.53 Å². The first-order valence-corrected chi connectivity index (χ1v) is 6.51. The van der Waals surface area contributed by atoms with Gasteiger partial charge in [0.15, 0.2) is 0 Å². The van der Waals surface area contributed by atoms with Crippen LogP contribution in [0.25, 0.3) is 16.7 Å². The molecule has 1 N–H and O–H groups in total. The molecule has 0 fully saturated rings. The van der Waals surface area contributed by atoms with E-state index in [4.69, 9.17) is 4.74 Å². The first-order valence-electron chi connectivity index (χ1n) is 6.51. The molecule has 3 aromatic rings. The van der Waals surface area contributed by atoms with Crippen molar-refractivity contribution in [1.29, 1.82) is 0 Å². The van der Waals surface area contributed by atoms with Crippen LogP contribution < -0.4 is 0 Å². The van der Waals surface area contributed by atoms with E-state index < -0.39 is 0 Å². The van der Waals surface area contributed by atoms with Crippen LogP contribution in [0.15, 0.2) is 36.4 Å². The van der Waals surface area contributed by atoms with Gasteiger partial charge >= 0.3 is 5.97 Å². The monoisotopic (exact) mass is 269 g/mol. The molecule has 1 aromatic carbocycles. The Bertz CT molecular complexity index is 756. The molecule has 0 atom stereocenters. The largest absolute Gasteiger partial charge is 0.461 e. The van der Waals surface area contributed by atoms with Crippen LogP contribution in [0.4, 0.5) is 0 Å². The third kappa shape index (κ3) is 1.97. The van der Waals surface area contributed by atoms with Crippen molar-refractivity contribution in [2.75, 3.05) is 6.61 Å². The van der Waals surface area contributed by atoms with E-state index in [1.807, 2.05) is 37.3 Å². The summed E-state index contributed by atoms with van der Waals surface area (Å²) in [4.78, 5) is 14.9. The highest BCUT2D eigenvalue weighted by atomic mass is 16.5. The number of carbonyl (C=O) groups is 1. The lowest BCUT2D eigenvalue weighted by atomic mass is 10.3. The van der Waals surface area contributed by atoms with Crippen LogP contribution in [-0.4, -0.2) is 27.3 Å². The van der Waals surface area contributed by atoms with E-state index in [0.717, 1.165) is 22.4 Å². The maximum atomic E-state index is 11.8. The van der Waals surface area contributed by atoms with Crippen molar-refractivity contribution in [3.05, 3.63) is 47.8 Å². The number of rotatable bonds is 3. The molecule has 0 saturated carbocycles. The number of H-pyrrole nitrogens is 1. The zero-order chi connectivity index (χ0) is 14.1. The first kappa shape index (κ1) is 12.5. The minimum Gasteiger partial charge on any atom is -0.461 e. The van der Waals surface area contributed by atoms with Crippen molar-refractivity contribution in [3.63, 3.8) is 0 Å². The van der Waals surface area contributed by atoms with Crippen molar-refractivity contribution in [2.24, 2.45) is 0 Å². The molecule has 0 aliphatic heterocycles. The summed E-state index contributed by atoms with van der Waals surface area (Å²) >= 11 is 0. The number of aromatic amines is 1. The van der Waals surface area contributed by atoms with Crippen LogP contribution in [0.2, 0.25) is 0 Å². The third-order valence-corrected chi connectivity index (χ3v) is 3.14. The van der Waals surface area contributed by atoms with E-state index in [0.29, 0.717) is 12.3 Å². The molecule has 0 saturated heterocycles. The number of fused-ring (bicyclic) bond motifs is 1. The van der Waals surface area contributed by atoms with Gasteiger partial charge in [0.25, 0.3) is 0 Å². The highest BCUT2D eigenvalue weighted by Crippen LogP contribution is 2.22. The van der Waals surface area contributed by atoms with Gasteiger partial charge in [-0.1, -0.05) is 18.2 Å². The van der Waals surface area contributed by atoms with E-state index in [9.17, 15) is 4.79 Å². The zero-order valence-corrected chi connectivity index (χ0v) is 11.4.